The normalized spacial score (nSPS) is 14.1. The summed E-state index contributed by atoms with van der Waals surface area (Å²) in [5.41, 5.74) is 5.42. The molecule has 0 aromatic rings. The number of unbranched alkanes of at least 4 members (excludes halogenated alkanes) is 1. The van der Waals surface area contributed by atoms with Gasteiger partial charge >= 0.3 is 0 Å². The van der Waals surface area contributed by atoms with E-state index in [4.69, 9.17) is 20.4 Å². The minimum atomic E-state index is -0.315. The molecule has 0 heterocycles. The molecular formula is C10H22N2O3. The van der Waals surface area contributed by atoms with Gasteiger partial charge in [0.15, 0.2) is 5.84 Å². The van der Waals surface area contributed by atoms with E-state index in [1.165, 1.54) is 0 Å². The Kier molecular flexibility index (Phi) is 9.21. The average molecular weight is 218 g/mol. The number of nitrogens with two attached hydrogens (primary N) is 1. The number of hydrogen-bond donors (Lipinski definition) is 2. The number of hydrogen-bond acceptors (Lipinski definition) is 4. The molecule has 0 radical (unpaired) electrons. The molecule has 1 atom stereocenters. The molecule has 0 saturated heterocycles. The Morgan fingerprint density at radius 3 is 2.60 bits per heavy atom. The molecule has 5 heteroatoms. The summed E-state index contributed by atoms with van der Waals surface area (Å²) in [6.45, 7) is 5.82. The lowest BCUT2D eigenvalue weighted by molar-refractivity contribution is 0.0268. The summed E-state index contributed by atoms with van der Waals surface area (Å²) in [4.78, 5) is 0. The Hall–Kier alpha value is -0.810. The van der Waals surface area contributed by atoms with Crippen LogP contribution in [0.1, 0.15) is 33.1 Å². The van der Waals surface area contributed by atoms with Gasteiger partial charge in [-0.2, -0.15) is 0 Å². The highest BCUT2D eigenvalue weighted by atomic mass is 16.5. The molecule has 90 valence electrons. The van der Waals surface area contributed by atoms with Crippen LogP contribution in [0, 0.1) is 0 Å². The molecule has 15 heavy (non-hydrogen) atoms. The quantitative estimate of drug-likeness (QED) is 0.201. The SMILES string of the molecule is CCCCOCCOC(CC)C(N)=NO. The van der Waals surface area contributed by atoms with Gasteiger partial charge in [0.25, 0.3) is 0 Å². The molecule has 0 aromatic carbocycles. The van der Waals surface area contributed by atoms with Crippen molar-refractivity contribution >= 4 is 5.84 Å². The lowest BCUT2D eigenvalue weighted by atomic mass is 10.2. The third-order valence-electron chi connectivity index (χ3n) is 2.01. The first-order valence-corrected chi connectivity index (χ1v) is 5.43. The first-order valence-electron chi connectivity index (χ1n) is 5.43. The number of rotatable bonds is 9. The van der Waals surface area contributed by atoms with Gasteiger partial charge in [-0.3, -0.25) is 0 Å². The second kappa shape index (κ2) is 9.73. The summed E-state index contributed by atoms with van der Waals surface area (Å²) in [5, 5.41) is 11.4. The summed E-state index contributed by atoms with van der Waals surface area (Å²) in [6.07, 6.45) is 2.56. The zero-order valence-electron chi connectivity index (χ0n) is 9.61. The Balaban J connectivity index is 3.47. The van der Waals surface area contributed by atoms with Gasteiger partial charge in [0, 0.05) is 6.61 Å². The van der Waals surface area contributed by atoms with Gasteiger partial charge in [0.2, 0.25) is 0 Å². The van der Waals surface area contributed by atoms with E-state index in [1.807, 2.05) is 6.92 Å². The molecule has 0 bridgehead atoms. The van der Waals surface area contributed by atoms with E-state index in [1.54, 1.807) is 0 Å². The van der Waals surface area contributed by atoms with E-state index in [9.17, 15) is 0 Å². The predicted octanol–water partition coefficient (Wildman–Crippen LogP) is 1.34. The van der Waals surface area contributed by atoms with E-state index < -0.39 is 0 Å². The van der Waals surface area contributed by atoms with Gasteiger partial charge in [-0.15, -0.1) is 0 Å². The zero-order valence-corrected chi connectivity index (χ0v) is 9.61. The van der Waals surface area contributed by atoms with Crippen molar-refractivity contribution in [3.05, 3.63) is 0 Å². The predicted molar refractivity (Wildman–Crippen MR) is 59.2 cm³/mol. The molecule has 0 amide bonds. The van der Waals surface area contributed by atoms with E-state index in [0.717, 1.165) is 19.4 Å². The van der Waals surface area contributed by atoms with Gasteiger partial charge < -0.3 is 20.4 Å². The van der Waals surface area contributed by atoms with Crippen molar-refractivity contribution in [1.29, 1.82) is 0 Å². The van der Waals surface area contributed by atoms with Crippen LogP contribution in [0.4, 0.5) is 0 Å². The van der Waals surface area contributed by atoms with Crippen molar-refractivity contribution in [2.45, 2.75) is 39.2 Å². The molecule has 0 rings (SSSR count). The zero-order chi connectivity index (χ0) is 11.5. The van der Waals surface area contributed by atoms with E-state index in [2.05, 4.69) is 12.1 Å². The maximum atomic E-state index is 8.46. The maximum Gasteiger partial charge on any atom is 0.168 e. The fourth-order valence-corrected chi connectivity index (χ4v) is 1.07. The fraction of sp³-hybridized carbons (Fsp3) is 0.900. The maximum absolute atomic E-state index is 8.46. The van der Waals surface area contributed by atoms with Gasteiger partial charge in [0.05, 0.1) is 13.2 Å². The Bertz CT molecular complexity index is 174. The number of oxime groups is 1. The molecule has 0 aromatic heterocycles. The van der Waals surface area contributed by atoms with Crippen molar-refractivity contribution in [2.75, 3.05) is 19.8 Å². The fourth-order valence-electron chi connectivity index (χ4n) is 1.07. The standard InChI is InChI=1S/C10H22N2O3/c1-3-5-6-14-7-8-15-9(4-2)10(11)12-13/h9,13H,3-8H2,1-2H3,(H2,11,12). The Morgan fingerprint density at radius 1 is 1.33 bits per heavy atom. The van der Waals surface area contributed by atoms with Crippen molar-refractivity contribution in [1.82, 2.24) is 0 Å². The van der Waals surface area contributed by atoms with Crippen LogP contribution in [0.15, 0.2) is 5.16 Å². The minimum Gasteiger partial charge on any atom is -0.409 e. The van der Waals surface area contributed by atoms with Crippen molar-refractivity contribution in [3.63, 3.8) is 0 Å². The number of ether oxygens (including phenoxy) is 2. The van der Waals surface area contributed by atoms with Crippen LogP contribution in [0.5, 0.6) is 0 Å². The van der Waals surface area contributed by atoms with Crippen molar-refractivity contribution in [3.8, 4) is 0 Å². The summed E-state index contributed by atoms with van der Waals surface area (Å²) >= 11 is 0. The number of amidine groups is 1. The smallest absolute Gasteiger partial charge is 0.168 e. The molecule has 0 fully saturated rings. The largest absolute Gasteiger partial charge is 0.409 e. The molecule has 0 aliphatic heterocycles. The summed E-state index contributed by atoms with van der Waals surface area (Å²) in [5.74, 6) is 0.117. The summed E-state index contributed by atoms with van der Waals surface area (Å²) in [7, 11) is 0. The first-order chi connectivity index (χ1) is 7.26. The average Bonchev–Trinajstić information content (AvgIpc) is 2.27. The van der Waals surface area contributed by atoms with Crippen LogP contribution in [0.2, 0.25) is 0 Å². The monoisotopic (exact) mass is 218 g/mol. The van der Waals surface area contributed by atoms with Crippen LogP contribution in [0.3, 0.4) is 0 Å². The first kappa shape index (κ1) is 14.2. The highest BCUT2D eigenvalue weighted by Crippen LogP contribution is 1.98. The van der Waals surface area contributed by atoms with E-state index >= 15 is 0 Å². The third kappa shape index (κ3) is 7.16. The topological polar surface area (TPSA) is 77.1 Å². The molecule has 3 N–H and O–H groups in total. The van der Waals surface area contributed by atoms with Crippen molar-refractivity contribution in [2.24, 2.45) is 10.9 Å². The third-order valence-corrected chi connectivity index (χ3v) is 2.01. The lowest BCUT2D eigenvalue weighted by Crippen LogP contribution is -2.32. The number of nitrogens with zero attached hydrogens (tertiary/aromatic N) is 1. The van der Waals surface area contributed by atoms with E-state index in [0.29, 0.717) is 19.6 Å². The van der Waals surface area contributed by atoms with Gasteiger partial charge in [-0.1, -0.05) is 25.4 Å². The Labute approximate surface area is 91.2 Å². The molecule has 0 aliphatic rings. The summed E-state index contributed by atoms with van der Waals surface area (Å²) in [6, 6.07) is 0. The highest BCUT2D eigenvalue weighted by molar-refractivity contribution is 5.84. The second-order valence-electron chi connectivity index (χ2n) is 3.26. The molecule has 0 aliphatic carbocycles. The molecule has 1 unspecified atom stereocenters. The van der Waals surface area contributed by atoms with Gasteiger partial charge in [-0.05, 0) is 12.8 Å². The van der Waals surface area contributed by atoms with Crippen molar-refractivity contribution < 1.29 is 14.7 Å². The second-order valence-corrected chi connectivity index (χ2v) is 3.26. The molecule has 5 nitrogen and oxygen atoms in total. The molecule has 0 saturated carbocycles. The van der Waals surface area contributed by atoms with E-state index in [-0.39, 0.29) is 11.9 Å². The van der Waals surface area contributed by atoms with Crippen LogP contribution < -0.4 is 5.73 Å². The van der Waals surface area contributed by atoms with Crippen LogP contribution in [-0.4, -0.2) is 37.0 Å². The summed E-state index contributed by atoms with van der Waals surface area (Å²) < 4.78 is 10.7. The van der Waals surface area contributed by atoms with Crippen LogP contribution in [-0.2, 0) is 9.47 Å². The van der Waals surface area contributed by atoms with Crippen LogP contribution >= 0.6 is 0 Å². The van der Waals surface area contributed by atoms with Crippen LogP contribution in [0.25, 0.3) is 0 Å². The lowest BCUT2D eigenvalue weighted by Gasteiger charge is -2.14. The molecule has 0 spiro atoms. The highest BCUT2D eigenvalue weighted by Gasteiger charge is 2.11. The van der Waals surface area contributed by atoms with Gasteiger partial charge in [-0.25, -0.2) is 0 Å². The molecular weight excluding hydrogens is 196 g/mol. The minimum absolute atomic E-state index is 0.117. The van der Waals surface area contributed by atoms with Gasteiger partial charge in [0.1, 0.15) is 6.10 Å². The Morgan fingerprint density at radius 2 is 2.07 bits per heavy atom.